The van der Waals surface area contributed by atoms with Gasteiger partial charge in [0.05, 0.1) is 10.0 Å². The van der Waals surface area contributed by atoms with Gasteiger partial charge < -0.3 is 5.32 Å². The largest absolute Gasteiger partial charge is 0.313 e. The van der Waals surface area contributed by atoms with Gasteiger partial charge in [0.15, 0.2) is 0 Å². The molecule has 1 aromatic rings. The highest BCUT2D eigenvalue weighted by Crippen LogP contribution is 2.26. The van der Waals surface area contributed by atoms with Crippen molar-refractivity contribution in [3.63, 3.8) is 0 Å². The first-order valence-electron chi connectivity index (χ1n) is 6.01. The van der Waals surface area contributed by atoms with Gasteiger partial charge in [-0.1, -0.05) is 40.9 Å². The molecular formula is C14H17Cl2N. The van der Waals surface area contributed by atoms with Crippen LogP contribution in [-0.4, -0.2) is 13.1 Å². The Morgan fingerprint density at radius 3 is 2.71 bits per heavy atom. The van der Waals surface area contributed by atoms with Gasteiger partial charge in [-0.15, -0.1) is 0 Å². The SMILES string of the molecule is CNC(Cc1ccc(Cl)c(Cl)c1)C1=CCCC1. The number of allylic oxidation sites excluding steroid dienone is 1. The number of rotatable bonds is 4. The van der Waals surface area contributed by atoms with Gasteiger partial charge in [-0.3, -0.25) is 0 Å². The van der Waals surface area contributed by atoms with E-state index >= 15 is 0 Å². The molecule has 0 radical (unpaired) electrons. The van der Waals surface area contributed by atoms with Crippen molar-refractivity contribution in [1.29, 1.82) is 0 Å². The Labute approximate surface area is 113 Å². The van der Waals surface area contributed by atoms with Crippen LogP contribution in [0.5, 0.6) is 0 Å². The Kier molecular flexibility index (Phi) is 4.49. The number of nitrogens with one attached hydrogen (secondary N) is 1. The van der Waals surface area contributed by atoms with Gasteiger partial charge in [0.2, 0.25) is 0 Å². The van der Waals surface area contributed by atoms with E-state index in [0.717, 1.165) is 6.42 Å². The summed E-state index contributed by atoms with van der Waals surface area (Å²) < 4.78 is 0. The average molecular weight is 270 g/mol. The Bertz CT molecular complexity index is 426. The highest BCUT2D eigenvalue weighted by atomic mass is 35.5. The number of hydrogen-bond donors (Lipinski definition) is 1. The summed E-state index contributed by atoms with van der Waals surface area (Å²) in [5, 5.41) is 4.64. The van der Waals surface area contributed by atoms with E-state index in [1.165, 1.54) is 30.4 Å². The molecule has 1 atom stereocenters. The molecule has 1 unspecified atom stereocenters. The zero-order valence-corrected chi connectivity index (χ0v) is 11.5. The topological polar surface area (TPSA) is 12.0 Å². The standard InChI is InChI=1S/C14H17Cl2N/c1-17-14(11-4-2-3-5-11)9-10-6-7-12(15)13(16)8-10/h4,6-8,14,17H,2-3,5,9H2,1H3. The van der Waals surface area contributed by atoms with Crippen molar-refractivity contribution in [3.8, 4) is 0 Å². The fourth-order valence-electron chi connectivity index (χ4n) is 2.33. The maximum absolute atomic E-state index is 6.03. The van der Waals surface area contributed by atoms with Crippen LogP contribution in [-0.2, 0) is 6.42 Å². The summed E-state index contributed by atoms with van der Waals surface area (Å²) in [6.07, 6.45) is 7.05. The van der Waals surface area contributed by atoms with Crippen molar-refractivity contribution in [2.45, 2.75) is 31.7 Å². The predicted octanol–water partition coefficient (Wildman–Crippen LogP) is 4.23. The molecule has 1 aliphatic carbocycles. The lowest BCUT2D eigenvalue weighted by atomic mass is 9.98. The van der Waals surface area contributed by atoms with Crippen LogP contribution in [0.25, 0.3) is 0 Å². The van der Waals surface area contributed by atoms with Crippen molar-refractivity contribution in [2.75, 3.05) is 7.05 Å². The lowest BCUT2D eigenvalue weighted by Gasteiger charge is -2.18. The minimum atomic E-state index is 0.426. The predicted molar refractivity (Wildman–Crippen MR) is 74.9 cm³/mol. The van der Waals surface area contributed by atoms with E-state index in [1.54, 1.807) is 0 Å². The van der Waals surface area contributed by atoms with Crippen molar-refractivity contribution in [2.24, 2.45) is 0 Å². The Balaban J connectivity index is 2.09. The number of halogens is 2. The highest BCUT2D eigenvalue weighted by Gasteiger charge is 2.16. The average Bonchev–Trinajstić information content (AvgIpc) is 2.84. The molecule has 0 aliphatic heterocycles. The molecule has 17 heavy (non-hydrogen) atoms. The lowest BCUT2D eigenvalue weighted by molar-refractivity contribution is 0.615. The first-order chi connectivity index (χ1) is 8.20. The summed E-state index contributed by atoms with van der Waals surface area (Å²) in [4.78, 5) is 0. The minimum absolute atomic E-state index is 0.426. The molecule has 0 aromatic heterocycles. The Morgan fingerprint density at radius 2 is 2.12 bits per heavy atom. The Morgan fingerprint density at radius 1 is 1.29 bits per heavy atom. The maximum atomic E-state index is 6.03. The van der Waals surface area contributed by atoms with Crippen molar-refractivity contribution < 1.29 is 0 Å². The molecule has 0 bridgehead atoms. The molecule has 0 amide bonds. The second-order valence-electron chi connectivity index (χ2n) is 4.47. The highest BCUT2D eigenvalue weighted by molar-refractivity contribution is 6.42. The molecule has 1 nitrogen and oxygen atoms in total. The van der Waals surface area contributed by atoms with Gasteiger partial charge in [-0.05, 0) is 50.4 Å². The second-order valence-corrected chi connectivity index (χ2v) is 5.28. The smallest absolute Gasteiger partial charge is 0.0595 e. The van der Waals surface area contributed by atoms with Gasteiger partial charge in [0, 0.05) is 6.04 Å². The monoisotopic (exact) mass is 269 g/mol. The van der Waals surface area contributed by atoms with Crippen LogP contribution in [0.2, 0.25) is 10.0 Å². The van der Waals surface area contributed by atoms with Gasteiger partial charge in [-0.2, -0.15) is 0 Å². The normalized spacial score (nSPS) is 17.0. The lowest BCUT2D eigenvalue weighted by Crippen LogP contribution is -2.29. The van der Waals surface area contributed by atoms with Gasteiger partial charge in [0.1, 0.15) is 0 Å². The molecule has 1 aromatic carbocycles. The molecule has 0 fully saturated rings. The molecule has 3 heteroatoms. The summed E-state index contributed by atoms with van der Waals surface area (Å²) in [5.41, 5.74) is 2.75. The van der Waals surface area contributed by atoms with Crippen LogP contribution in [0.15, 0.2) is 29.8 Å². The minimum Gasteiger partial charge on any atom is -0.313 e. The molecule has 0 spiro atoms. The second kappa shape index (κ2) is 5.90. The Hall–Kier alpha value is -0.500. The van der Waals surface area contributed by atoms with E-state index in [2.05, 4.69) is 11.4 Å². The van der Waals surface area contributed by atoms with Crippen molar-refractivity contribution in [3.05, 3.63) is 45.5 Å². The molecule has 92 valence electrons. The van der Waals surface area contributed by atoms with E-state index in [4.69, 9.17) is 23.2 Å². The summed E-state index contributed by atoms with van der Waals surface area (Å²) in [6.45, 7) is 0. The molecule has 1 aliphatic rings. The van der Waals surface area contributed by atoms with Crippen LogP contribution >= 0.6 is 23.2 Å². The van der Waals surface area contributed by atoms with Crippen LogP contribution in [0.4, 0.5) is 0 Å². The molecular weight excluding hydrogens is 253 g/mol. The van der Waals surface area contributed by atoms with Gasteiger partial charge in [0.25, 0.3) is 0 Å². The third-order valence-corrected chi connectivity index (χ3v) is 4.04. The third-order valence-electron chi connectivity index (χ3n) is 3.30. The van der Waals surface area contributed by atoms with Crippen LogP contribution < -0.4 is 5.32 Å². The maximum Gasteiger partial charge on any atom is 0.0595 e. The van der Waals surface area contributed by atoms with Crippen LogP contribution in [0, 0.1) is 0 Å². The fourth-order valence-corrected chi connectivity index (χ4v) is 2.65. The van der Waals surface area contributed by atoms with E-state index < -0.39 is 0 Å². The van der Waals surface area contributed by atoms with Crippen molar-refractivity contribution >= 4 is 23.2 Å². The van der Waals surface area contributed by atoms with Crippen LogP contribution in [0.3, 0.4) is 0 Å². The number of likely N-dealkylation sites (N-methyl/N-ethyl adjacent to an activating group) is 1. The van der Waals surface area contributed by atoms with E-state index in [9.17, 15) is 0 Å². The summed E-state index contributed by atoms with van der Waals surface area (Å²) >= 11 is 12.0. The van der Waals surface area contributed by atoms with Crippen molar-refractivity contribution in [1.82, 2.24) is 5.32 Å². The summed E-state index contributed by atoms with van der Waals surface area (Å²) in [6, 6.07) is 6.31. The summed E-state index contributed by atoms with van der Waals surface area (Å²) in [5.74, 6) is 0. The van der Waals surface area contributed by atoms with Crippen LogP contribution in [0.1, 0.15) is 24.8 Å². The first-order valence-corrected chi connectivity index (χ1v) is 6.76. The number of benzene rings is 1. The number of hydrogen-bond acceptors (Lipinski definition) is 1. The van der Waals surface area contributed by atoms with Gasteiger partial charge >= 0.3 is 0 Å². The van der Waals surface area contributed by atoms with Gasteiger partial charge in [-0.25, -0.2) is 0 Å². The molecule has 0 heterocycles. The molecule has 0 saturated carbocycles. The summed E-state index contributed by atoms with van der Waals surface area (Å²) in [7, 11) is 2.02. The quantitative estimate of drug-likeness (QED) is 0.807. The van der Waals surface area contributed by atoms with E-state index in [-0.39, 0.29) is 0 Å². The zero-order valence-electron chi connectivity index (χ0n) is 9.97. The zero-order chi connectivity index (χ0) is 12.3. The third kappa shape index (κ3) is 3.25. The van der Waals surface area contributed by atoms with E-state index in [0.29, 0.717) is 16.1 Å². The first kappa shape index (κ1) is 12.9. The fraction of sp³-hybridized carbons (Fsp3) is 0.429. The molecule has 1 N–H and O–H groups in total. The molecule has 0 saturated heterocycles. The molecule has 2 rings (SSSR count). The van der Waals surface area contributed by atoms with E-state index in [1.807, 2.05) is 25.2 Å².